The second-order valence-electron chi connectivity index (χ2n) is 21.3. The fraction of sp³-hybridized carbons (Fsp3) is 0.913. The van der Waals surface area contributed by atoms with E-state index in [1.54, 1.807) is 0 Å². The van der Waals surface area contributed by atoms with E-state index in [1.165, 1.54) is 44.9 Å². The first-order valence-electron chi connectivity index (χ1n) is 22.4. The average Bonchev–Trinajstić information content (AvgIpc) is 3.95. The second kappa shape index (κ2) is 15.4. The molecule has 10 nitrogen and oxygen atoms in total. The number of aliphatic hydroxyl groups is 1. The molecule has 0 aromatic carbocycles. The molecular formula is C46H74O10. The number of hydrogen-bond donors (Lipinski definition) is 1. The third-order valence-electron chi connectivity index (χ3n) is 16.2. The zero-order valence-electron chi connectivity index (χ0n) is 36.4. The van der Waals surface area contributed by atoms with Gasteiger partial charge in [-0.1, -0.05) is 40.5 Å². The summed E-state index contributed by atoms with van der Waals surface area (Å²) in [7, 11) is 0. The summed E-state index contributed by atoms with van der Waals surface area (Å²) in [5.41, 5.74) is -2.03. The first-order valence-corrected chi connectivity index (χ1v) is 22.4. The van der Waals surface area contributed by atoms with Crippen LogP contribution in [0.5, 0.6) is 0 Å². The molecule has 9 aliphatic rings. The van der Waals surface area contributed by atoms with Gasteiger partial charge >= 0.3 is 23.9 Å². The van der Waals surface area contributed by atoms with Gasteiger partial charge in [0.1, 0.15) is 17.3 Å². The molecule has 3 heterocycles. The van der Waals surface area contributed by atoms with Crippen molar-refractivity contribution in [1.82, 2.24) is 0 Å². The van der Waals surface area contributed by atoms with E-state index in [0.717, 1.165) is 51.4 Å². The Morgan fingerprint density at radius 2 is 1.25 bits per heavy atom. The Labute approximate surface area is 336 Å². The molecule has 6 saturated carbocycles. The van der Waals surface area contributed by atoms with Crippen molar-refractivity contribution in [2.75, 3.05) is 0 Å². The maximum atomic E-state index is 12.5. The monoisotopic (exact) mass is 787 g/mol. The molecule has 6 aliphatic carbocycles. The molecule has 3 aliphatic heterocycles. The Balaban J connectivity index is 0.000000142. The van der Waals surface area contributed by atoms with E-state index >= 15 is 0 Å². The second-order valence-corrected chi connectivity index (χ2v) is 21.3. The highest BCUT2D eigenvalue weighted by Gasteiger charge is 2.65. The molecule has 0 radical (unpaired) electrons. The zero-order valence-corrected chi connectivity index (χ0v) is 36.4. The molecule has 0 aromatic rings. The summed E-state index contributed by atoms with van der Waals surface area (Å²) in [5, 5.41) is 10.6. The van der Waals surface area contributed by atoms with Gasteiger partial charge in [0.2, 0.25) is 0 Å². The van der Waals surface area contributed by atoms with Crippen molar-refractivity contribution >= 4 is 23.9 Å². The van der Waals surface area contributed by atoms with Crippen LogP contribution in [-0.4, -0.2) is 70.2 Å². The van der Waals surface area contributed by atoms with Crippen molar-refractivity contribution in [1.29, 1.82) is 0 Å². The lowest BCUT2D eigenvalue weighted by atomic mass is 9.52. The topological polar surface area (TPSA) is 135 Å². The average molecular weight is 787 g/mol. The van der Waals surface area contributed by atoms with Gasteiger partial charge in [0.05, 0.1) is 33.9 Å². The lowest BCUT2D eigenvalue weighted by Crippen LogP contribution is -2.61. The summed E-state index contributed by atoms with van der Waals surface area (Å²) < 4.78 is 28.6. The summed E-state index contributed by atoms with van der Waals surface area (Å²) >= 11 is 0. The predicted molar refractivity (Wildman–Crippen MR) is 211 cm³/mol. The number of fused-ring (bicyclic) bond motifs is 1. The molecular weight excluding hydrogens is 712 g/mol. The molecule has 0 amide bonds. The van der Waals surface area contributed by atoms with Crippen molar-refractivity contribution in [2.45, 2.75) is 226 Å². The summed E-state index contributed by atoms with van der Waals surface area (Å²) in [4.78, 5) is 48.5. The Morgan fingerprint density at radius 3 is 1.79 bits per heavy atom. The van der Waals surface area contributed by atoms with Crippen LogP contribution in [0, 0.1) is 39.4 Å². The van der Waals surface area contributed by atoms with Crippen LogP contribution in [0.3, 0.4) is 0 Å². The van der Waals surface area contributed by atoms with Crippen LogP contribution in [0.1, 0.15) is 185 Å². The van der Waals surface area contributed by atoms with Gasteiger partial charge in [-0.05, 0) is 150 Å². The van der Waals surface area contributed by atoms with E-state index in [-0.39, 0.29) is 58.6 Å². The quantitative estimate of drug-likeness (QED) is 0.169. The number of esters is 4. The molecule has 9 rings (SSSR count). The van der Waals surface area contributed by atoms with Gasteiger partial charge in [-0.25, -0.2) is 0 Å². The molecule has 56 heavy (non-hydrogen) atoms. The molecule has 8 unspecified atom stereocenters. The molecule has 6 bridgehead atoms. The molecule has 10 heteroatoms. The van der Waals surface area contributed by atoms with Crippen molar-refractivity contribution in [3.8, 4) is 0 Å². The van der Waals surface area contributed by atoms with Crippen LogP contribution in [0.25, 0.3) is 0 Å². The van der Waals surface area contributed by atoms with Crippen LogP contribution in [-0.2, 0) is 42.9 Å². The highest BCUT2D eigenvalue weighted by molar-refractivity contribution is 5.79. The van der Waals surface area contributed by atoms with Gasteiger partial charge in [0.25, 0.3) is 0 Å². The maximum Gasteiger partial charge on any atom is 0.312 e. The van der Waals surface area contributed by atoms with E-state index in [2.05, 4.69) is 13.8 Å². The maximum absolute atomic E-state index is 12.5. The first kappa shape index (κ1) is 43.4. The standard InChI is InChI=1S/C17H30O2.C16H26O3.C13H18O5/c1-5-15(3,4)14(18)19-17(6-2)13-9-12-16(17)10-7-8-11-16;1-4-14(2,3)13(17)19-16-8-11-5-12(9-16)7-15(18,6-11)10-16;1-4-13(2,3)12(15)18-9-7-5-6-8(16-7)10(9)17-11(6)14/h5-13H2,1-4H3;11-12,18H,4-10H2,1-3H3;6-10H,4-5H2,1-3H3. The van der Waals surface area contributed by atoms with Gasteiger partial charge in [-0.15, -0.1) is 0 Å². The van der Waals surface area contributed by atoms with Gasteiger partial charge in [-0.2, -0.15) is 0 Å². The fourth-order valence-corrected chi connectivity index (χ4v) is 11.7. The largest absolute Gasteiger partial charge is 0.459 e. The Morgan fingerprint density at radius 1 is 0.714 bits per heavy atom. The number of carbonyl (C=O) groups excluding carboxylic acids is 4. The van der Waals surface area contributed by atoms with Crippen LogP contribution in [0.2, 0.25) is 0 Å². The molecule has 1 N–H and O–H groups in total. The fourth-order valence-electron chi connectivity index (χ4n) is 11.7. The number of hydrogen-bond acceptors (Lipinski definition) is 10. The van der Waals surface area contributed by atoms with Gasteiger partial charge in [0, 0.05) is 11.8 Å². The highest BCUT2D eigenvalue weighted by Crippen LogP contribution is 2.61. The van der Waals surface area contributed by atoms with E-state index in [9.17, 15) is 24.3 Å². The van der Waals surface area contributed by atoms with E-state index in [1.807, 2.05) is 55.4 Å². The van der Waals surface area contributed by atoms with E-state index < -0.39 is 28.6 Å². The van der Waals surface area contributed by atoms with Crippen LogP contribution in [0.4, 0.5) is 0 Å². The zero-order chi connectivity index (χ0) is 41.1. The molecule has 8 atom stereocenters. The minimum absolute atomic E-state index is 0.0185. The summed E-state index contributed by atoms with van der Waals surface area (Å²) in [6.45, 7) is 19.9. The van der Waals surface area contributed by atoms with Gasteiger partial charge < -0.3 is 28.8 Å². The molecule has 1 spiro atoms. The SMILES string of the molecule is CCC(C)(C)C(=O)OC1(CC)CCCC12CCCC2.CCC(C)(C)C(=O)OC12CC3CC(CC(O)(C3)C1)C2.CCC(C)(C)C(=O)OC1C2CC3C(=O)OC1C3O2. The normalized spacial score (nSPS) is 38.4. The number of ether oxygens (including phenoxy) is 5. The third kappa shape index (κ3) is 7.93. The van der Waals surface area contributed by atoms with Gasteiger partial charge in [0.15, 0.2) is 12.2 Å². The summed E-state index contributed by atoms with van der Waals surface area (Å²) in [6, 6.07) is 0. The first-order chi connectivity index (χ1) is 26.1. The van der Waals surface area contributed by atoms with Crippen LogP contribution < -0.4 is 0 Å². The molecule has 9 fully saturated rings. The predicted octanol–water partition coefficient (Wildman–Crippen LogP) is 8.96. The minimum Gasteiger partial charge on any atom is -0.459 e. The minimum atomic E-state index is -0.555. The smallest absolute Gasteiger partial charge is 0.312 e. The lowest BCUT2D eigenvalue weighted by molar-refractivity contribution is -0.225. The van der Waals surface area contributed by atoms with Crippen LogP contribution in [0.15, 0.2) is 0 Å². The van der Waals surface area contributed by atoms with Crippen LogP contribution >= 0.6 is 0 Å². The van der Waals surface area contributed by atoms with E-state index in [4.69, 9.17) is 23.7 Å². The number of rotatable bonds is 10. The molecule has 318 valence electrons. The lowest BCUT2D eigenvalue weighted by Gasteiger charge is -2.59. The Kier molecular flexibility index (Phi) is 12.0. The number of carbonyl (C=O) groups is 4. The summed E-state index contributed by atoms with van der Waals surface area (Å²) in [5.74, 6) is 0.457. The Hall–Kier alpha value is -2.20. The Bertz CT molecular complexity index is 1470. The van der Waals surface area contributed by atoms with Gasteiger partial charge in [-0.3, -0.25) is 19.2 Å². The van der Waals surface area contributed by atoms with E-state index in [0.29, 0.717) is 36.5 Å². The third-order valence-corrected chi connectivity index (χ3v) is 16.2. The van der Waals surface area contributed by atoms with Crippen molar-refractivity contribution in [2.24, 2.45) is 39.4 Å². The molecule has 3 saturated heterocycles. The van der Waals surface area contributed by atoms with Crippen molar-refractivity contribution < 1.29 is 48.0 Å². The van der Waals surface area contributed by atoms with Crippen molar-refractivity contribution in [3.63, 3.8) is 0 Å². The summed E-state index contributed by atoms with van der Waals surface area (Å²) in [6.07, 6.45) is 17.2. The highest BCUT2D eigenvalue weighted by atomic mass is 16.7. The molecule has 0 aromatic heterocycles. The van der Waals surface area contributed by atoms with Crippen molar-refractivity contribution in [3.05, 3.63) is 0 Å².